The molecule has 0 aliphatic heterocycles. The maximum Gasteiger partial charge on any atom is 0.360 e. The van der Waals surface area contributed by atoms with Crippen LogP contribution in [0.15, 0.2) is 0 Å². The molecule has 0 saturated carbocycles. The molecule has 0 fully saturated rings. The molecule has 1 aromatic rings. The average molecular weight is 177 g/mol. The highest BCUT2D eigenvalue weighted by Gasteiger charge is 2.22. The highest BCUT2D eigenvalue weighted by atomic mass is 19.3. The zero-order chi connectivity index (χ0) is 9.14. The predicted octanol–water partition coefficient (Wildman–Crippen LogP) is 0.529. The molecule has 0 saturated heterocycles. The minimum absolute atomic E-state index is 0.479. The molecule has 0 aliphatic rings. The molecule has 0 aromatic carbocycles. The van der Waals surface area contributed by atoms with E-state index in [0.717, 1.165) is 7.11 Å². The first-order valence-corrected chi connectivity index (χ1v) is 2.94. The summed E-state index contributed by atoms with van der Waals surface area (Å²) in [4.78, 5) is 10.7. The van der Waals surface area contributed by atoms with Gasteiger partial charge in [-0.2, -0.15) is 0 Å². The van der Waals surface area contributed by atoms with Crippen LogP contribution in [0.1, 0.15) is 22.6 Å². The van der Waals surface area contributed by atoms with Crippen molar-refractivity contribution in [3.63, 3.8) is 0 Å². The Morgan fingerprint density at radius 2 is 2.33 bits per heavy atom. The second kappa shape index (κ2) is 3.24. The Morgan fingerprint density at radius 3 is 2.83 bits per heavy atom. The number of aromatic nitrogens is 3. The smallest absolute Gasteiger partial charge is 0.360 e. The number of esters is 1. The second-order valence-corrected chi connectivity index (χ2v) is 1.87. The quantitative estimate of drug-likeness (QED) is 0.669. The number of carbonyl (C=O) groups excluding carboxylic acids is 1. The number of halogens is 2. The molecular weight excluding hydrogens is 172 g/mol. The Hall–Kier alpha value is -1.53. The highest BCUT2D eigenvalue weighted by Crippen LogP contribution is 2.18. The van der Waals surface area contributed by atoms with Gasteiger partial charge in [0.1, 0.15) is 5.69 Å². The molecule has 0 aliphatic carbocycles. The minimum atomic E-state index is -2.81. The lowest BCUT2D eigenvalue weighted by Crippen LogP contribution is -2.05. The number of H-pyrrole nitrogens is 1. The summed E-state index contributed by atoms with van der Waals surface area (Å²) < 4.78 is 28.3. The van der Waals surface area contributed by atoms with Crippen LogP contribution >= 0.6 is 0 Å². The number of hydrogen-bond acceptors (Lipinski definition) is 4. The van der Waals surface area contributed by atoms with Gasteiger partial charge in [-0.1, -0.05) is 5.21 Å². The summed E-state index contributed by atoms with van der Waals surface area (Å²) in [7, 11) is 1.08. The standard InChI is InChI=1S/C5H5F2N3O2/c1-12-5(11)3-2(4(6)7)8-10-9-3/h4H,1H3,(H,8,9,10). The first kappa shape index (κ1) is 8.57. The summed E-state index contributed by atoms with van der Waals surface area (Å²) in [6, 6.07) is 0. The van der Waals surface area contributed by atoms with Gasteiger partial charge in [-0.25, -0.2) is 13.6 Å². The van der Waals surface area contributed by atoms with Gasteiger partial charge in [-0.15, -0.1) is 5.10 Å². The molecule has 1 aromatic heterocycles. The number of aromatic amines is 1. The largest absolute Gasteiger partial charge is 0.464 e. The molecule has 0 bridgehead atoms. The van der Waals surface area contributed by atoms with E-state index in [-0.39, 0.29) is 0 Å². The van der Waals surface area contributed by atoms with E-state index >= 15 is 0 Å². The Balaban J connectivity index is 2.99. The van der Waals surface area contributed by atoms with E-state index < -0.39 is 23.8 Å². The van der Waals surface area contributed by atoms with Crippen LogP contribution < -0.4 is 0 Å². The van der Waals surface area contributed by atoms with E-state index in [2.05, 4.69) is 15.0 Å². The van der Waals surface area contributed by atoms with Gasteiger partial charge in [0.25, 0.3) is 6.43 Å². The van der Waals surface area contributed by atoms with Crippen LogP contribution in [0.3, 0.4) is 0 Å². The van der Waals surface area contributed by atoms with E-state index in [4.69, 9.17) is 0 Å². The third kappa shape index (κ3) is 1.39. The number of nitrogens with one attached hydrogen (secondary N) is 1. The summed E-state index contributed by atoms with van der Waals surface area (Å²) in [5, 5.41) is 8.11. The Bertz CT molecular complexity index is 286. The van der Waals surface area contributed by atoms with E-state index in [0.29, 0.717) is 0 Å². The van der Waals surface area contributed by atoms with Crippen LogP contribution in [0.2, 0.25) is 0 Å². The Labute approximate surface area is 65.7 Å². The topological polar surface area (TPSA) is 67.9 Å². The maximum atomic E-state index is 12.0. The lowest BCUT2D eigenvalue weighted by atomic mass is 10.3. The summed E-state index contributed by atoms with van der Waals surface area (Å²) in [5.74, 6) is -0.931. The third-order valence-electron chi connectivity index (χ3n) is 1.17. The van der Waals surface area contributed by atoms with Crippen molar-refractivity contribution in [2.45, 2.75) is 6.43 Å². The van der Waals surface area contributed by atoms with Crippen molar-refractivity contribution in [3.8, 4) is 0 Å². The Morgan fingerprint density at radius 1 is 1.67 bits per heavy atom. The number of methoxy groups -OCH3 is 1. The third-order valence-corrected chi connectivity index (χ3v) is 1.17. The fourth-order valence-electron chi connectivity index (χ4n) is 0.635. The van der Waals surface area contributed by atoms with E-state index in [1.54, 1.807) is 0 Å². The number of hydrogen-bond donors (Lipinski definition) is 1. The van der Waals surface area contributed by atoms with E-state index in [1.807, 2.05) is 5.10 Å². The molecule has 0 amide bonds. The molecule has 0 atom stereocenters. The molecule has 1 heterocycles. The fraction of sp³-hybridized carbons (Fsp3) is 0.400. The molecule has 0 radical (unpaired) electrons. The SMILES string of the molecule is COC(=O)c1nn[nH]c1C(F)F. The number of rotatable bonds is 2. The van der Waals surface area contributed by atoms with Crippen LogP contribution in [0.4, 0.5) is 8.78 Å². The van der Waals surface area contributed by atoms with Crippen molar-refractivity contribution in [2.24, 2.45) is 0 Å². The van der Waals surface area contributed by atoms with E-state index in [1.165, 1.54) is 0 Å². The van der Waals surface area contributed by atoms with Gasteiger partial charge in [0.05, 0.1) is 7.11 Å². The highest BCUT2D eigenvalue weighted by molar-refractivity contribution is 5.88. The number of nitrogens with zero attached hydrogens (tertiary/aromatic N) is 2. The minimum Gasteiger partial charge on any atom is -0.464 e. The van der Waals surface area contributed by atoms with Crippen molar-refractivity contribution in [3.05, 3.63) is 11.4 Å². The van der Waals surface area contributed by atoms with Crippen molar-refractivity contribution in [2.75, 3.05) is 7.11 Å². The predicted molar refractivity (Wildman–Crippen MR) is 32.7 cm³/mol. The van der Waals surface area contributed by atoms with Crippen LogP contribution in [0.25, 0.3) is 0 Å². The van der Waals surface area contributed by atoms with Gasteiger partial charge < -0.3 is 4.74 Å². The van der Waals surface area contributed by atoms with Crippen molar-refractivity contribution in [1.82, 2.24) is 15.4 Å². The average Bonchev–Trinajstić information content (AvgIpc) is 2.50. The molecule has 7 heteroatoms. The van der Waals surface area contributed by atoms with Crippen LogP contribution in [-0.4, -0.2) is 28.5 Å². The molecule has 12 heavy (non-hydrogen) atoms. The van der Waals surface area contributed by atoms with Crippen LogP contribution in [-0.2, 0) is 4.74 Å². The molecule has 66 valence electrons. The summed E-state index contributed by atoms with van der Waals surface area (Å²) >= 11 is 0. The number of alkyl halides is 2. The lowest BCUT2D eigenvalue weighted by molar-refractivity contribution is 0.0582. The monoisotopic (exact) mass is 177 g/mol. The Kier molecular flexibility index (Phi) is 2.32. The molecule has 1 rings (SSSR count). The van der Waals surface area contributed by atoms with Gasteiger partial charge in [0, 0.05) is 0 Å². The molecule has 0 spiro atoms. The van der Waals surface area contributed by atoms with E-state index in [9.17, 15) is 13.6 Å². The van der Waals surface area contributed by atoms with Crippen LogP contribution in [0.5, 0.6) is 0 Å². The molecule has 5 nitrogen and oxygen atoms in total. The fourth-order valence-corrected chi connectivity index (χ4v) is 0.635. The van der Waals surface area contributed by atoms with Gasteiger partial charge >= 0.3 is 5.97 Å². The first-order valence-electron chi connectivity index (χ1n) is 2.94. The number of ether oxygens (including phenoxy) is 1. The van der Waals surface area contributed by atoms with Crippen molar-refractivity contribution in [1.29, 1.82) is 0 Å². The first-order chi connectivity index (χ1) is 5.66. The molecular formula is C5H5F2N3O2. The second-order valence-electron chi connectivity index (χ2n) is 1.87. The zero-order valence-corrected chi connectivity index (χ0v) is 6.04. The summed E-state index contributed by atoms with van der Waals surface area (Å²) in [6.07, 6.45) is -2.81. The van der Waals surface area contributed by atoms with Gasteiger partial charge in [-0.3, -0.25) is 5.10 Å². The summed E-state index contributed by atoms with van der Waals surface area (Å²) in [6.45, 7) is 0. The van der Waals surface area contributed by atoms with Gasteiger partial charge in [-0.05, 0) is 0 Å². The molecule has 1 N–H and O–H groups in total. The lowest BCUT2D eigenvalue weighted by Gasteiger charge is -1.96. The van der Waals surface area contributed by atoms with Gasteiger partial charge in [0.15, 0.2) is 5.69 Å². The van der Waals surface area contributed by atoms with Crippen molar-refractivity contribution >= 4 is 5.97 Å². The summed E-state index contributed by atoms with van der Waals surface area (Å²) in [5.41, 5.74) is -1.10. The van der Waals surface area contributed by atoms with Gasteiger partial charge in [0.2, 0.25) is 0 Å². The van der Waals surface area contributed by atoms with Crippen molar-refractivity contribution < 1.29 is 18.3 Å². The normalized spacial score (nSPS) is 10.3. The van der Waals surface area contributed by atoms with Crippen LogP contribution in [0, 0.1) is 0 Å². The molecule has 0 unspecified atom stereocenters. The zero-order valence-electron chi connectivity index (χ0n) is 6.04. The maximum absolute atomic E-state index is 12.0. The number of carbonyl (C=O) groups is 1.